The monoisotopic (exact) mass is 186 g/mol. The second-order valence-electron chi connectivity index (χ2n) is 3.85. The number of carboxylic acids is 1. The van der Waals surface area contributed by atoms with Crippen LogP contribution in [0.15, 0.2) is 0 Å². The predicted molar refractivity (Wildman–Crippen MR) is 50.5 cm³/mol. The van der Waals surface area contributed by atoms with Gasteiger partial charge < -0.3 is 16.2 Å². The Kier molecular flexibility index (Phi) is 3.69. The molecule has 4 nitrogen and oxygen atoms in total. The molecule has 0 aromatic heterocycles. The van der Waals surface area contributed by atoms with Crippen LogP contribution in [0.25, 0.3) is 0 Å². The van der Waals surface area contributed by atoms with E-state index in [-0.39, 0.29) is 12.1 Å². The van der Waals surface area contributed by atoms with E-state index in [1.807, 2.05) is 0 Å². The van der Waals surface area contributed by atoms with E-state index in [1.54, 1.807) is 6.92 Å². The first-order valence-corrected chi connectivity index (χ1v) is 4.84. The minimum atomic E-state index is -0.792. The molecule has 0 heterocycles. The second kappa shape index (κ2) is 4.58. The van der Waals surface area contributed by atoms with E-state index >= 15 is 0 Å². The molecule has 1 aliphatic carbocycles. The number of hydrogen-bond acceptors (Lipinski definition) is 3. The van der Waals surface area contributed by atoms with Crippen molar-refractivity contribution in [3.05, 3.63) is 0 Å². The Morgan fingerprint density at radius 2 is 2.31 bits per heavy atom. The fourth-order valence-electron chi connectivity index (χ4n) is 1.80. The fraction of sp³-hybridized carbons (Fsp3) is 0.889. The van der Waals surface area contributed by atoms with Crippen LogP contribution in [0.4, 0.5) is 0 Å². The maximum absolute atomic E-state index is 10.6. The summed E-state index contributed by atoms with van der Waals surface area (Å²) < 4.78 is 0. The molecule has 3 atom stereocenters. The van der Waals surface area contributed by atoms with E-state index < -0.39 is 12.0 Å². The molecule has 1 saturated carbocycles. The molecule has 2 unspecified atom stereocenters. The van der Waals surface area contributed by atoms with Gasteiger partial charge in [-0.2, -0.15) is 0 Å². The Hall–Kier alpha value is -0.610. The standard InChI is InChI=1S/C9H18N2O2/c1-6(9(12)13)11-8-4-2-3-7(10)5-8/h6-8,11H,2-5,10H2,1H3,(H,12,13)/t6-,7?,8?/m1/s1. The lowest BCUT2D eigenvalue weighted by Crippen LogP contribution is -2.46. The molecule has 0 spiro atoms. The third-order valence-corrected chi connectivity index (χ3v) is 2.57. The molecule has 1 fully saturated rings. The molecular formula is C9H18N2O2. The van der Waals surface area contributed by atoms with Gasteiger partial charge >= 0.3 is 5.97 Å². The maximum atomic E-state index is 10.6. The summed E-state index contributed by atoms with van der Waals surface area (Å²) in [6.45, 7) is 1.67. The zero-order chi connectivity index (χ0) is 9.84. The van der Waals surface area contributed by atoms with E-state index in [1.165, 1.54) is 0 Å². The number of aliphatic carboxylic acids is 1. The third-order valence-electron chi connectivity index (χ3n) is 2.57. The van der Waals surface area contributed by atoms with Crippen molar-refractivity contribution in [2.45, 2.75) is 50.7 Å². The Bertz CT molecular complexity index is 184. The smallest absolute Gasteiger partial charge is 0.320 e. The predicted octanol–water partition coefficient (Wildman–Crippen LogP) is 0.319. The zero-order valence-electron chi connectivity index (χ0n) is 7.99. The van der Waals surface area contributed by atoms with Crippen LogP contribution in [0.1, 0.15) is 32.6 Å². The molecule has 4 heteroatoms. The van der Waals surface area contributed by atoms with Crippen LogP contribution in [0.5, 0.6) is 0 Å². The number of nitrogens with two attached hydrogens (primary N) is 1. The Morgan fingerprint density at radius 1 is 1.62 bits per heavy atom. The Morgan fingerprint density at radius 3 is 2.85 bits per heavy atom. The van der Waals surface area contributed by atoms with Crippen LogP contribution >= 0.6 is 0 Å². The van der Waals surface area contributed by atoms with E-state index in [9.17, 15) is 4.79 Å². The number of nitrogens with one attached hydrogen (secondary N) is 1. The fourth-order valence-corrected chi connectivity index (χ4v) is 1.80. The van der Waals surface area contributed by atoms with Gasteiger partial charge in [0.1, 0.15) is 6.04 Å². The summed E-state index contributed by atoms with van der Waals surface area (Å²) in [6, 6.07) is 0.0670. The van der Waals surface area contributed by atoms with Crippen molar-refractivity contribution in [3.63, 3.8) is 0 Å². The number of rotatable bonds is 3. The van der Waals surface area contributed by atoms with Crippen molar-refractivity contribution in [2.75, 3.05) is 0 Å². The Labute approximate surface area is 78.5 Å². The van der Waals surface area contributed by atoms with Gasteiger partial charge in [0.25, 0.3) is 0 Å². The highest BCUT2D eigenvalue weighted by atomic mass is 16.4. The van der Waals surface area contributed by atoms with Gasteiger partial charge in [-0.25, -0.2) is 0 Å². The van der Waals surface area contributed by atoms with Crippen molar-refractivity contribution >= 4 is 5.97 Å². The van der Waals surface area contributed by atoms with Crippen LogP contribution in [-0.2, 0) is 4.79 Å². The lowest BCUT2D eigenvalue weighted by molar-refractivity contribution is -0.139. The van der Waals surface area contributed by atoms with Crippen LogP contribution < -0.4 is 11.1 Å². The van der Waals surface area contributed by atoms with Crippen LogP contribution in [0.3, 0.4) is 0 Å². The molecule has 13 heavy (non-hydrogen) atoms. The van der Waals surface area contributed by atoms with Crippen LogP contribution in [-0.4, -0.2) is 29.2 Å². The average Bonchev–Trinajstić information content (AvgIpc) is 2.04. The molecule has 0 aromatic carbocycles. The highest BCUT2D eigenvalue weighted by Crippen LogP contribution is 2.17. The quantitative estimate of drug-likeness (QED) is 0.593. The molecule has 0 saturated heterocycles. The number of carbonyl (C=O) groups is 1. The minimum absolute atomic E-state index is 0.243. The lowest BCUT2D eigenvalue weighted by Gasteiger charge is -2.28. The summed E-state index contributed by atoms with van der Waals surface area (Å²) in [5, 5.41) is 11.8. The SMILES string of the molecule is C[C@@H](NC1CCCC(N)C1)C(=O)O. The first-order valence-electron chi connectivity index (χ1n) is 4.84. The van der Waals surface area contributed by atoms with Gasteiger partial charge in [-0.05, 0) is 26.2 Å². The normalized spacial score (nSPS) is 31.2. The summed E-state index contributed by atoms with van der Waals surface area (Å²) in [6.07, 6.45) is 4.12. The molecule has 4 N–H and O–H groups in total. The second-order valence-corrected chi connectivity index (χ2v) is 3.85. The molecule has 0 aromatic rings. The van der Waals surface area contributed by atoms with E-state index in [0.29, 0.717) is 0 Å². The van der Waals surface area contributed by atoms with Gasteiger partial charge in [0.2, 0.25) is 0 Å². The first kappa shape index (κ1) is 10.5. The van der Waals surface area contributed by atoms with Crippen LogP contribution in [0.2, 0.25) is 0 Å². The third kappa shape index (κ3) is 3.32. The number of hydrogen-bond donors (Lipinski definition) is 3. The van der Waals surface area contributed by atoms with E-state index in [4.69, 9.17) is 10.8 Å². The van der Waals surface area contributed by atoms with Crippen molar-refractivity contribution < 1.29 is 9.90 Å². The van der Waals surface area contributed by atoms with Crippen molar-refractivity contribution in [2.24, 2.45) is 5.73 Å². The molecule has 0 bridgehead atoms. The van der Waals surface area contributed by atoms with Gasteiger partial charge in [0.05, 0.1) is 0 Å². The minimum Gasteiger partial charge on any atom is -0.480 e. The number of carboxylic acid groups (broad SMARTS) is 1. The van der Waals surface area contributed by atoms with E-state index in [2.05, 4.69) is 5.32 Å². The van der Waals surface area contributed by atoms with Crippen molar-refractivity contribution in [1.29, 1.82) is 0 Å². The summed E-state index contributed by atoms with van der Waals surface area (Å²) in [5.41, 5.74) is 5.79. The van der Waals surface area contributed by atoms with Gasteiger partial charge in [0.15, 0.2) is 0 Å². The van der Waals surface area contributed by atoms with Gasteiger partial charge in [-0.1, -0.05) is 6.42 Å². The van der Waals surface area contributed by atoms with Crippen LogP contribution in [0, 0.1) is 0 Å². The molecular weight excluding hydrogens is 168 g/mol. The van der Waals surface area contributed by atoms with E-state index in [0.717, 1.165) is 25.7 Å². The van der Waals surface area contributed by atoms with Gasteiger partial charge in [0, 0.05) is 12.1 Å². The molecule has 0 amide bonds. The molecule has 1 aliphatic rings. The van der Waals surface area contributed by atoms with Gasteiger partial charge in [-0.15, -0.1) is 0 Å². The highest BCUT2D eigenvalue weighted by Gasteiger charge is 2.22. The summed E-state index contributed by atoms with van der Waals surface area (Å²) in [4.78, 5) is 10.6. The summed E-state index contributed by atoms with van der Waals surface area (Å²) in [5.74, 6) is -0.792. The molecule has 1 rings (SSSR count). The first-order chi connectivity index (χ1) is 6.09. The maximum Gasteiger partial charge on any atom is 0.320 e. The van der Waals surface area contributed by atoms with Crippen molar-refractivity contribution in [3.8, 4) is 0 Å². The molecule has 76 valence electrons. The lowest BCUT2D eigenvalue weighted by atomic mass is 9.91. The van der Waals surface area contributed by atoms with Crippen molar-refractivity contribution in [1.82, 2.24) is 5.32 Å². The molecule has 0 radical (unpaired) electrons. The van der Waals surface area contributed by atoms with Gasteiger partial charge in [-0.3, -0.25) is 4.79 Å². The average molecular weight is 186 g/mol. The summed E-state index contributed by atoms with van der Waals surface area (Å²) >= 11 is 0. The largest absolute Gasteiger partial charge is 0.480 e. The Balaban J connectivity index is 2.31. The highest BCUT2D eigenvalue weighted by molar-refractivity contribution is 5.72. The summed E-state index contributed by atoms with van der Waals surface area (Å²) in [7, 11) is 0. The zero-order valence-corrected chi connectivity index (χ0v) is 7.99. The topological polar surface area (TPSA) is 75.3 Å². The molecule has 0 aliphatic heterocycles.